The molecule has 2 nitrogen and oxygen atoms in total. The molecule has 1 aromatic carbocycles. The van der Waals surface area contributed by atoms with E-state index >= 15 is 0 Å². The van der Waals surface area contributed by atoms with Crippen molar-refractivity contribution in [2.75, 3.05) is 17.6 Å². The molecular formula is C9H11FN2S. The van der Waals surface area contributed by atoms with E-state index in [0.717, 1.165) is 18.0 Å². The van der Waals surface area contributed by atoms with Crippen LogP contribution in [0.15, 0.2) is 24.3 Å². The Morgan fingerprint density at radius 1 is 1.38 bits per heavy atom. The van der Waals surface area contributed by atoms with Gasteiger partial charge in [0.2, 0.25) is 0 Å². The first kappa shape index (κ1) is 8.84. The molecule has 0 radical (unpaired) electrons. The number of halogens is 1. The van der Waals surface area contributed by atoms with Crippen molar-refractivity contribution >= 4 is 17.4 Å². The van der Waals surface area contributed by atoms with Crippen LogP contribution in [0.5, 0.6) is 0 Å². The number of rotatable bonds is 2. The summed E-state index contributed by atoms with van der Waals surface area (Å²) in [6.45, 7) is 1.03. The number of hydrogen-bond acceptors (Lipinski definition) is 3. The molecule has 0 spiro atoms. The number of thioether (sulfide) groups is 1. The molecule has 1 aliphatic rings. The van der Waals surface area contributed by atoms with E-state index in [4.69, 9.17) is 0 Å². The van der Waals surface area contributed by atoms with Gasteiger partial charge < -0.3 is 5.32 Å². The molecule has 1 saturated heterocycles. The lowest BCUT2D eigenvalue weighted by Gasteiger charge is -2.12. The van der Waals surface area contributed by atoms with Crippen LogP contribution in [0.25, 0.3) is 0 Å². The van der Waals surface area contributed by atoms with Crippen LogP contribution in [0.2, 0.25) is 0 Å². The zero-order valence-corrected chi connectivity index (χ0v) is 7.90. The first-order valence-corrected chi connectivity index (χ1v) is 5.26. The molecule has 1 aliphatic heterocycles. The molecular weight excluding hydrogens is 187 g/mol. The van der Waals surface area contributed by atoms with E-state index in [1.165, 1.54) is 12.1 Å². The van der Waals surface area contributed by atoms with Gasteiger partial charge in [-0.15, -0.1) is 11.8 Å². The van der Waals surface area contributed by atoms with E-state index in [1.54, 1.807) is 12.1 Å². The maximum absolute atomic E-state index is 12.6. The van der Waals surface area contributed by atoms with E-state index < -0.39 is 0 Å². The average Bonchev–Trinajstić information content (AvgIpc) is 2.62. The number of anilines is 1. The summed E-state index contributed by atoms with van der Waals surface area (Å²) in [5, 5.41) is 6.53. The third kappa shape index (κ3) is 2.35. The molecule has 2 N–H and O–H groups in total. The molecule has 1 atom stereocenters. The van der Waals surface area contributed by atoms with Crippen molar-refractivity contribution < 1.29 is 4.39 Å². The summed E-state index contributed by atoms with van der Waals surface area (Å²) < 4.78 is 12.6. The molecule has 2 rings (SSSR count). The molecule has 4 heteroatoms. The third-order valence-corrected chi connectivity index (χ3v) is 2.92. The Hall–Kier alpha value is -0.740. The standard InChI is InChI=1S/C9H11FN2S/c10-7-1-3-8(4-2-7)12-9-11-5-6-13-9/h1-4,9,11-12H,5-6H2. The zero-order valence-electron chi connectivity index (χ0n) is 7.09. The van der Waals surface area contributed by atoms with Crippen LogP contribution < -0.4 is 10.6 Å². The topological polar surface area (TPSA) is 24.1 Å². The van der Waals surface area contributed by atoms with Gasteiger partial charge in [0.15, 0.2) is 0 Å². The second-order valence-electron chi connectivity index (χ2n) is 2.86. The van der Waals surface area contributed by atoms with Gasteiger partial charge in [-0.1, -0.05) is 0 Å². The minimum atomic E-state index is -0.197. The number of hydrogen-bond donors (Lipinski definition) is 2. The first-order valence-electron chi connectivity index (χ1n) is 4.22. The molecule has 0 aromatic heterocycles. The highest BCUT2D eigenvalue weighted by Gasteiger charge is 2.13. The Balaban J connectivity index is 1.97. The molecule has 0 amide bonds. The summed E-state index contributed by atoms with van der Waals surface area (Å²) in [5.41, 5.74) is 1.22. The summed E-state index contributed by atoms with van der Waals surface area (Å²) in [4.78, 5) is 0. The molecule has 1 fully saturated rings. The fraction of sp³-hybridized carbons (Fsp3) is 0.333. The predicted molar refractivity (Wildman–Crippen MR) is 54.3 cm³/mol. The second-order valence-corrected chi connectivity index (χ2v) is 4.07. The molecule has 0 saturated carbocycles. The smallest absolute Gasteiger partial charge is 0.125 e. The maximum atomic E-state index is 12.6. The fourth-order valence-corrected chi connectivity index (χ4v) is 2.14. The largest absolute Gasteiger partial charge is 0.361 e. The number of nitrogens with one attached hydrogen (secondary N) is 2. The van der Waals surface area contributed by atoms with Crippen LogP contribution in [0, 0.1) is 5.82 Å². The van der Waals surface area contributed by atoms with Crippen molar-refractivity contribution in [2.45, 2.75) is 5.50 Å². The van der Waals surface area contributed by atoms with Gasteiger partial charge in [-0.05, 0) is 24.3 Å². The molecule has 13 heavy (non-hydrogen) atoms. The lowest BCUT2D eigenvalue weighted by Crippen LogP contribution is -2.27. The molecule has 0 bridgehead atoms. The highest BCUT2D eigenvalue weighted by Crippen LogP contribution is 2.17. The highest BCUT2D eigenvalue weighted by atomic mass is 32.2. The van der Waals surface area contributed by atoms with E-state index in [0.29, 0.717) is 0 Å². The fourth-order valence-electron chi connectivity index (χ4n) is 1.22. The average molecular weight is 198 g/mol. The van der Waals surface area contributed by atoms with Crippen molar-refractivity contribution in [3.05, 3.63) is 30.1 Å². The lowest BCUT2D eigenvalue weighted by molar-refractivity contribution is 0.628. The van der Waals surface area contributed by atoms with Crippen LogP contribution in [-0.2, 0) is 0 Å². The first-order chi connectivity index (χ1) is 6.34. The lowest BCUT2D eigenvalue weighted by atomic mass is 10.3. The van der Waals surface area contributed by atoms with Gasteiger partial charge in [0.25, 0.3) is 0 Å². The number of benzene rings is 1. The Morgan fingerprint density at radius 3 is 2.77 bits per heavy atom. The van der Waals surface area contributed by atoms with Crippen LogP contribution in [-0.4, -0.2) is 17.8 Å². The Morgan fingerprint density at radius 2 is 2.15 bits per heavy atom. The van der Waals surface area contributed by atoms with Gasteiger partial charge >= 0.3 is 0 Å². The summed E-state index contributed by atoms with van der Waals surface area (Å²) in [6, 6.07) is 6.41. The monoisotopic (exact) mass is 198 g/mol. The normalized spacial score (nSPS) is 21.8. The van der Waals surface area contributed by atoms with Gasteiger partial charge in [-0.3, -0.25) is 5.32 Å². The quantitative estimate of drug-likeness (QED) is 0.758. The van der Waals surface area contributed by atoms with Gasteiger partial charge in [-0.2, -0.15) is 0 Å². The summed E-state index contributed by atoms with van der Waals surface area (Å²) in [6.07, 6.45) is 0. The minimum Gasteiger partial charge on any atom is -0.361 e. The molecule has 1 heterocycles. The van der Waals surface area contributed by atoms with Crippen LogP contribution in [0.1, 0.15) is 0 Å². The summed E-state index contributed by atoms with van der Waals surface area (Å²) in [5.74, 6) is 0.927. The van der Waals surface area contributed by atoms with Crippen LogP contribution >= 0.6 is 11.8 Å². The Bertz CT molecular complexity index is 269. The van der Waals surface area contributed by atoms with Gasteiger partial charge in [-0.25, -0.2) is 4.39 Å². The van der Waals surface area contributed by atoms with Crippen LogP contribution in [0.3, 0.4) is 0 Å². The van der Waals surface area contributed by atoms with E-state index in [1.807, 2.05) is 11.8 Å². The third-order valence-electron chi connectivity index (χ3n) is 1.86. The van der Waals surface area contributed by atoms with Crippen LogP contribution in [0.4, 0.5) is 10.1 Å². The molecule has 1 unspecified atom stereocenters. The maximum Gasteiger partial charge on any atom is 0.125 e. The Kier molecular flexibility index (Phi) is 2.71. The van der Waals surface area contributed by atoms with Gasteiger partial charge in [0.05, 0.1) is 0 Å². The SMILES string of the molecule is Fc1ccc(NC2NCCS2)cc1. The summed E-state index contributed by atoms with van der Waals surface area (Å²) in [7, 11) is 0. The van der Waals surface area contributed by atoms with Crippen molar-refractivity contribution in [1.29, 1.82) is 0 Å². The Labute approximate surface area is 80.9 Å². The minimum absolute atomic E-state index is 0.197. The van der Waals surface area contributed by atoms with Crippen molar-refractivity contribution in [1.82, 2.24) is 5.32 Å². The second kappa shape index (κ2) is 3.98. The van der Waals surface area contributed by atoms with E-state index in [-0.39, 0.29) is 11.3 Å². The van der Waals surface area contributed by atoms with Crippen molar-refractivity contribution in [3.63, 3.8) is 0 Å². The van der Waals surface area contributed by atoms with Gasteiger partial charge in [0, 0.05) is 18.0 Å². The van der Waals surface area contributed by atoms with Crippen molar-refractivity contribution in [3.8, 4) is 0 Å². The molecule has 1 aromatic rings. The highest BCUT2D eigenvalue weighted by molar-refractivity contribution is 8.00. The predicted octanol–water partition coefficient (Wildman–Crippen LogP) is 1.86. The zero-order chi connectivity index (χ0) is 9.10. The summed E-state index contributed by atoms with van der Waals surface area (Å²) >= 11 is 1.83. The van der Waals surface area contributed by atoms with E-state index in [9.17, 15) is 4.39 Å². The van der Waals surface area contributed by atoms with E-state index in [2.05, 4.69) is 10.6 Å². The molecule has 0 aliphatic carbocycles. The molecule has 70 valence electrons. The van der Waals surface area contributed by atoms with Gasteiger partial charge in [0.1, 0.15) is 11.3 Å². The van der Waals surface area contributed by atoms with Crippen molar-refractivity contribution in [2.24, 2.45) is 0 Å².